The van der Waals surface area contributed by atoms with Crippen LogP contribution in [0.2, 0.25) is 0 Å². The van der Waals surface area contributed by atoms with Crippen LogP contribution in [0.15, 0.2) is 24.3 Å². The molecule has 0 radical (unpaired) electrons. The Bertz CT molecular complexity index is 352. The average Bonchev–Trinajstić information content (AvgIpc) is 2.41. The van der Waals surface area contributed by atoms with Crippen LogP contribution in [0.5, 0.6) is 0 Å². The van der Waals surface area contributed by atoms with Crippen LogP contribution in [-0.2, 0) is 0 Å². The smallest absolute Gasteiger partial charge is 0.267 e. The van der Waals surface area contributed by atoms with Crippen molar-refractivity contribution >= 4 is 11.8 Å². The van der Waals surface area contributed by atoms with Crippen molar-refractivity contribution in [1.29, 1.82) is 0 Å². The second-order valence-electron chi connectivity index (χ2n) is 2.71. The summed E-state index contributed by atoms with van der Waals surface area (Å²) in [6, 6.07) is 6.77. The van der Waals surface area contributed by atoms with Crippen molar-refractivity contribution in [2.24, 2.45) is 0 Å². The van der Waals surface area contributed by atoms with E-state index in [1.807, 2.05) is 0 Å². The third-order valence-electron chi connectivity index (χ3n) is 2.02. The lowest BCUT2D eigenvalue weighted by molar-refractivity contribution is 0.0586. The largest absolute Gasteiger partial charge is 0.276 e. The van der Waals surface area contributed by atoms with Crippen LogP contribution < -0.4 is 5.43 Å². The van der Waals surface area contributed by atoms with Crippen LogP contribution in [0.3, 0.4) is 0 Å². The molecule has 1 aromatic carbocycles. The van der Waals surface area contributed by atoms with Gasteiger partial charge in [-0.05, 0) is 12.1 Å². The molecule has 4 heteroatoms. The van der Waals surface area contributed by atoms with E-state index < -0.39 is 0 Å². The molecule has 66 valence electrons. The number of nitrogens with zero attached hydrogens (tertiary/aromatic N) is 1. The molecule has 0 bridgehead atoms. The van der Waals surface area contributed by atoms with Gasteiger partial charge in [-0.1, -0.05) is 12.1 Å². The molecule has 1 aliphatic rings. The molecule has 4 nitrogen and oxygen atoms in total. The van der Waals surface area contributed by atoms with Gasteiger partial charge in [0.1, 0.15) is 0 Å². The monoisotopic (exact) mass is 176 g/mol. The highest BCUT2D eigenvalue weighted by molar-refractivity contribution is 6.20. The molecule has 0 aliphatic carbocycles. The summed E-state index contributed by atoms with van der Waals surface area (Å²) in [6.45, 7) is 0. The molecule has 2 amide bonds. The SMILES string of the molecule is CNN1C(=O)c2ccccc2C1=O. The van der Waals surface area contributed by atoms with Crippen LogP contribution in [-0.4, -0.2) is 23.9 Å². The van der Waals surface area contributed by atoms with Crippen LogP contribution in [0.1, 0.15) is 20.7 Å². The molecule has 0 saturated carbocycles. The van der Waals surface area contributed by atoms with Crippen LogP contribution in [0.4, 0.5) is 0 Å². The van der Waals surface area contributed by atoms with Gasteiger partial charge in [0, 0.05) is 7.05 Å². The summed E-state index contributed by atoms with van der Waals surface area (Å²) in [5, 5.41) is 1.00. The zero-order valence-corrected chi connectivity index (χ0v) is 7.07. The number of carbonyl (C=O) groups excluding carboxylic acids is 2. The Balaban J connectivity index is 2.57. The average molecular weight is 176 g/mol. The second kappa shape index (κ2) is 2.67. The number of hydrazine groups is 1. The minimum Gasteiger partial charge on any atom is -0.267 e. The van der Waals surface area contributed by atoms with E-state index in [9.17, 15) is 9.59 Å². The Kier molecular flexibility index (Phi) is 1.63. The summed E-state index contributed by atoms with van der Waals surface area (Å²) in [5.74, 6) is -0.578. The van der Waals surface area contributed by atoms with Gasteiger partial charge in [0.05, 0.1) is 11.1 Å². The number of benzene rings is 1. The maximum Gasteiger partial charge on any atom is 0.276 e. The van der Waals surface area contributed by atoms with E-state index in [2.05, 4.69) is 5.43 Å². The van der Waals surface area contributed by atoms with Crippen LogP contribution in [0.25, 0.3) is 0 Å². The molecule has 1 heterocycles. The number of hydrogen-bond acceptors (Lipinski definition) is 3. The molecular formula is C9H8N2O2. The van der Waals surface area contributed by atoms with Gasteiger partial charge in [-0.25, -0.2) is 10.4 Å². The predicted octanol–water partition coefficient (Wildman–Crippen LogP) is 0.417. The van der Waals surface area contributed by atoms with E-state index in [-0.39, 0.29) is 11.8 Å². The number of carbonyl (C=O) groups is 2. The van der Waals surface area contributed by atoms with Gasteiger partial charge in [0.25, 0.3) is 11.8 Å². The van der Waals surface area contributed by atoms with Crippen molar-refractivity contribution < 1.29 is 9.59 Å². The van der Waals surface area contributed by atoms with Crippen molar-refractivity contribution in [3.8, 4) is 0 Å². The molecular weight excluding hydrogens is 168 g/mol. The first-order valence-electron chi connectivity index (χ1n) is 3.91. The number of nitrogens with one attached hydrogen (secondary N) is 1. The van der Waals surface area contributed by atoms with Crippen molar-refractivity contribution in [3.05, 3.63) is 35.4 Å². The van der Waals surface area contributed by atoms with Crippen molar-refractivity contribution in [1.82, 2.24) is 10.4 Å². The molecule has 0 fully saturated rings. The lowest BCUT2D eigenvalue weighted by Crippen LogP contribution is -2.39. The van der Waals surface area contributed by atoms with Crippen molar-refractivity contribution in [2.45, 2.75) is 0 Å². The minimum absolute atomic E-state index is 0.289. The van der Waals surface area contributed by atoms with E-state index >= 15 is 0 Å². The summed E-state index contributed by atoms with van der Waals surface area (Å²) >= 11 is 0. The summed E-state index contributed by atoms with van der Waals surface area (Å²) in [4.78, 5) is 23.0. The Morgan fingerprint density at radius 1 is 1.08 bits per heavy atom. The number of amides is 2. The first kappa shape index (κ1) is 7.94. The summed E-state index contributed by atoms with van der Waals surface area (Å²) in [6.07, 6.45) is 0. The second-order valence-corrected chi connectivity index (χ2v) is 2.71. The van der Waals surface area contributed by atoms with E-state index in [1.54, 1.807) is 31.3 Å². The van der Waals surface area contributed by atoms with Gasteiger partial charge >= 0.3 is 0 Å². The fourth-order valence-corrected chi connectivity index (χ4v) is 1.39. The zero-order valence-electron chi connectivity index (χ0n) is 7.07. The molecule has 0 spiro atoms. The molecule has 0 unspecified atom stereocenters. The van der Waals surface area contributed by atoms with Gasteiger partial charge in [0.2, 0.25) is 0 Å². The summed E-state index contributed by atoms with van der Waals surface area (Å²) < 4.78 is 0. The fourth-order valence-electron chi connectivity index (χ4n) is 1.39. The van der Waals surface area contributed by atoms with E-state index in [0.29, 0.717) is 11.1 Å². The normalized spacial score (nSPS) is 15.0. The first-order chi connectivity index (χ1) is 6.25. The van der Waals surface area contributed by atoms with Gasteiger partial charge in [-0.3, -0.25) is 9.59 Å². The number of rotatable bonds is 1. The highest BCUT2D eigenvalue weighted by atomic mass is 16.2. The van der Waals surface area contributed by atoms with E-state index in [0.717, 1.165) is 5.01 Å². The topological polar surface area (TPSA) is 49.4 Å². The van der Waals surface area contributed by atoms with Crippen molar-refractivity contribution in [3.63, 3.8) is 0 Å². The number of fused-ring (bicyclic) bond motifs is 1. The Morgan fingerprint density at radius 2 is 1.54 bits per heavy atom. The summed E-state index contributed by atoms with van der Waals surface area (Å²) in [7, 11) is 1.54. The molecule has 1 N–H and O–H groups in total. The molecule has 0 atom stereocenters. The number of imide groups is 1. The zero-order chi connectivity index (χ0) is 9.42. The Morgan fingerprint density at radius 3 is 1.92 bits per heavy atom. The molecule has 1 aromatic rings. The molecule has 1 aliphatic heterocycles. The summed E-state index contributed by atoms with van der Waals surface area (Å²) in [5.41, 5.74) is 3.46. The Labute approximate surface area is 75.1 Å². The third kappa shape index (κ3) is 0.957. The maximum atomic E-state index is 11.5. The molecule has 2 rings (SSSR count). The van der Waals surface area contributed by atoms with Gasteiger partial charge in [-0.15, -0.1) is 0 Å². The van der Waals surface area contributed by atoms with E-state index in [4.69, 9.17) is 0 Å². The van der Waals surface area contributed by atoms with Gasteiger partial charge in [0.15, 0.2) is 0 Å². The van der Waals surface area contributed by atoms with E-state index in [1.165, 1.54) is 0 Å². The van der Waals surface area contributed by atoms with Gasteiger partial charge in [-0.2, -0.15) is 0 Å². The molecule has 0 aromatic heterocycles. The predicted molar refractivity (Wildman–Crippen MR) is 46.0 cm³/mol. The standard InChI is InChI=1S/C9H8N2O2/c1-10-11-8(12)6-4-2-3-5-7(6)9(11)13/h2-5,10H,1H3. The molecule has 13 heavy (non-hydrogen) atoms. The van der Waals surface area contributed by atoms with Crippen LogP contribution in [0, 0.1) is 0 Å². The quantitative estimate of drug-likeness (QED) is 0.631. The lowest BCUT2D eigenvalue weighted by atomic mass is 10.1. The fraction of sp³-hybridized carbons (Fsp3) is 0.111. The Hall–Kier alpha value is -1.68. The lowest BCUT2D eigenvalue weighted by Gasteiger charge is -2.09. The first-order valence-corrected chi connectivity index (χ1v) is 3.91. The highest BCUT2D eigenvalue weighted by Gasteiger charge is 2.34. The van der Waals surface area contributed by atoms with Crippen LogP contribution >= 0.6 is 0 Å². The minimum atomic E-state index is -0.289. The van der Waals surface area contributed by atoms with Gasteiger partial charge < -0.3 is 0 Å². The van der Waals surface area contributed by atoms with Crippen molar-refractivity contribution in [2.75, 3.05) is 7.05 Å². The molecule has 0 saturated heterocycles. The maximum absolute atomic E-state index is 11.5. The highest BCUT2D eigenvalue weighted by Crippen LogP contribution is 2.19. The third-order valence-corrected chi connectivity index (χ3v) is 2.02. The number of hydrogen-bond donors (Lipinski definition) is 1.